The number of nitrogens with two attached hydrogens (primary N) is 2. The molecular formula is C15H15N7. The fourth-order valence-electron chi connectivity index (χ4n) is 1.88. The summed E-state index contributed by atoms with van der Waals surface area (Å²) >= 11 is 0. The maximum atomic E-state index is 5.65. The van der Waals surface area contributed by atoms with Gasteiger partial charge in [0.25, 0.3) is 0 Å². The van der Waals surface area contributed by atoms with Gasteiger partial charge in [-0.15, -0.1) is 5.11 Å². The van der Waals surface area contributed by atoms with E-state index in [2.05, 4.69) is 25.7 Å². The van der Waals surface area contributed by atoms with Crippen molar-refractivity contribution >= 4 is 34.4 Å². The lowest BCUT2D eigenvalue weighted by Gasteiger charge is -2.05. The number of aromatic nitrogens is 2. The van der Waals surface area contributed by atoms with Crippen molar-refractivity contribution < 1.29 is 0 Å². The number of hydrogen-bond acceptors (Lipinski definition) is 6. The molecule has 3 rings (SSSR count). The van der Waals surface area contributed by atoms with Gasteiger partial charge in [0.2, 0.25) is 0 Å². The van der Waals surface area contributed by atoms with Crippen LogP contribution >= 0.6 is 0 Å². The van der Waals surface area contributed by atoms with Crippen molar-refractivity contribution in [2.24, 2.45) is 10.2 Å². The predicted molar refractivity (Wildman–Crippen MR) is 87.8 cm³/mol. The van der Waals surface area contributed by atoms with Gasteiger partial charge < -0.3 is 16.8 Å². The average molecular weight is 293 g/mol. The second kappa shape index (κ2) is 5.96. The molecule has 0 saturated heterocycles. The monoisotopic (exact) mass is 293 g/mol. The molecule has 7 heteroatoms. The third kappa shape index (κ3) is 3.04. The highest BCUT2D eigenvalue weighted by Crippen LogP contribution is 2.28. The Morgan fingerprint density at radius 1 is 0.864 bits per heavy atom. The highest BCUT2D eigenvalue weighted by molar-refractivity contribution is 5.70. The van der Waals surface area contributed by atoms with Crippen LogP contribution in [0.5, 0.6) is 0 Å². The van der Waals surface area contributed by atoms with E-state index in [4.69, 9.17) is 11.5 Å². The molecule has 7 nitrogen and oxygen atoms in total. The molecule has 110 valence electrons. The Hall–Kier alpha value is -3.35. The number of H-pyrrole nitrogens is 1. The van der Waals surface area contributed by atoms with Gasteiger partial charge in [0.1, 0.15) is 5.82 Å². The first-order valence-electron chi connectivity index (χ1n) is 6.65. The Balaban J connectivity index is 1.72. The van der Waals surface area contributed by atoms with Gasteiger partial charge in [-0.1, -0.05) is 18.2 Å². The maximum absolute atomic E-state index is 5.65. The number of para-hydroxylation sites is 1. The first-order chi connectivity index (χ1) is 10.7. The molecule has 2 aromatic carbocycles. The zero-order valence-corrected chi connectivity index (χ0v) is 11.7. The molecule has 1 heterocycles. The summed E-state index contributed by atoms with van der Waals surface area (Å²) in [4.78, 5) is 0. The summed E-state index contributed by atoms with van der Waals surface area (Å²) < 4.78 is 0. The number of nitrogen functional groups attached to an aromatic ring is 2. The molecule has 0 aliphatic carbocycles. The molecule has 3 aromatic rings. The smallest absolute Gasteiger partial charge is 0.175 e. The molecule has 0 unspecified atom stereocenters. The van der Waals surface area contributed by atoms with Crippen molar-refractivity contribution in [2.75, 3.05) is 16.8 Å². The summed E-state index contributed by atoms with van der Waals surface area (Å²) in [5, 5.41) is 17.7. The maximum Gasteiger partial charge on any atom is 0.175 e. The molecule has 0 atom stereocenters. The van der Waals surface area contributed by atoms with E-state index in [-0.39, 0.29) is 5.82 Å². The Morgan fingerprint density at radius 3 is 2.18 bits per heavy atom. The number of nitrogens with one attached hydrogen (secondary N) is 2. The Morgan fingerprint density at radius 2 is 1.55 bits per heavy atom. The van der Waals surface area contributed by atoms with Gasteiger partial charge in [0.15, 0.2) is 11.5 Å². The third-order valence-corrected chi connectivity index (χ3v) is 2.99. The van der Waals surface area contributed by atoms with Crippen molar-refractivity contribution in [1.82, 2.24) is 10.2 Å². The van der Waals surface area contributed by atoms with Crippen molar-refractivity contribution in [3.05, 3.63) is 54.6 Å². The lowest BCUT2D eigenvalue weighted by atomic mass is 10.2. The van der Waals surface area contributed by atoms with Gasteiger partial charge >= 0.3 is 0 Å². The average Bonchev–Trinajstić information content (AvgIpc) is 2.86. The Bertz CT molecular complexity index is 756. The van der Waals surface area contributed by atoms with E-state index in [1.807, 2.05) is 54.6 Å². The van der Waals surface area contributed by atoms with Crippen LogP contribution < -0.4 is 16.8 Å². The first-order valence-corrected chi connectivity index (χ1v) is 6.65. The summed E-state index contributed by atoms with van der Waals surface area (Å²) in [5.74, 6) is 0.521. The minimum atomic E-state index is 0.226. The number of aromatic amines is 1. The van der Waals surface area contributed by atoms with Crippen LogP contribution in [0.15, 0.2) is 64.8 Å². The van der Waals surface area contributed by atoms with Crippen molar-refractivity contribution in [3.63, 3.8) is 0 Å². The van der Waals surface area contributed by atoms with E-state index in [1.54, 1.807) is 0 Å². The molecule has 6 N–H and O–H groups in total. The molecule has 0 aliphatic rings. The molecule has 1 aromatic heterocycles. The standard InChI is InChI=1S/C15H15N7/c16-14-13(15(17)22-21-14)20-19-12-8-6-11(7-9-12)18-10-4-2-1-3-5-10/h1-9,18H,(H5,16,17,21,22). The van der Waals surface area contributed by atoms with Crippen LogP contribution in [0.1, 0.15) is 0 Å². The number of anilines is 4. The second-order valence-electron chi connectivity index (χ2n) is 4.61. The summed E-state index contributed by atoms with van der Waals surface area (Å²) in [6.45, 7) is 0. The molecule has 0 saturated carbocycles. The van der Waals surface area contributed by atoms with Gasteiger partial charge in [-0.25, -0.2) is 0 Å². The van der Waals surface area contributed by atoms with Crippen LogP contribution in [0.4, 0.5) is 34.4 Å². The van der Waals surface area contributed by atoms with Crippen molar-refractivity contribution in [3.8, 4) is 0 Å². The van der Waals surface area contributed by atoms with Gasteiger partial charge in [-0.3, -0.25) is 5.10 Å². The van der Waals surface area contributed by atoms with Crippen LogP contribution in [0, 0.1) is 0 Å². The number of nitrogens with zero attached hydrogens (tertiary/aromatic N) is 3. The minimum Gasteiger partial charge on any atom is -0.382 e. The summed E-state index contributed by atoms with van der Waals surface area (Å²) in [6.07, 6.45) is 0. The summed E-state index contributed by atoms with van der Waals surface area (Å²) in [6, 6.07) is 17.5. The predicted octanol–water partition coefficient (Wildman–Crippen LogP) is 3.73. The zero-order valence-electron chi connectivity index (χ0n) is 11.7. The zero-order chi connectivity index (χ0) is 15.4. The van der Waals surface area contributed by atoms with E-state index >= 15 is 0 Å². The normalized spacial score (nSPS) is 10.9. The quantitative estimate of drug-likeness (QED) is 0.548. The van der Waals surface area contributed by atoms with E-state index < -0.39 is 0 Å². The van der Waals surface area contributed by atoms with Crippen LogP contribution in [0.3, 0.4) is 0 Å². The Kier molecular flexibility index (Phi) is 3.69. The minimum absolute atomic E-state index is 0.226. The topological polar surface area (TPSA) is 117 Å². The van der Waals surface area contributed by atoms with Crippen molar-refractivity contribution in [2.45, 2.75) is 0 Å². The number of benzene rings is 2. The van der Waals surface area contributed by atoms with E-state index in [0.29, 0.717) is 17.2 Å². The van der Waals surface area contributed by atoms with Gasteiger partial charge in [-0.2, -0.15) is 10.2 Å². The van der Waals surface area contributed by atoms with E-state index in [1.165, 1.54) is 0 Å². The molecule has 0 amide bonds. The van der Waals surface area contributed by atoms with E-state index in [9.17, 15) is 0 Å². The highest BCUT2D eigenvalue weighted by atomic mass is 15.2. The highest BCUT2D eigenvalue weighted by Gasteiger charge is 2.06. The Labute approximate surface area is 127 Å². The first kappa shape index (κ1) is 13.6. The second-order valence-corrected chi connectivity index (χ2v) is 4.61. The van der Waals surface area contributed by atoms with Crippen LogP contribution in [0.25, 0.3) is 0 Å². The number of hydrogen-bond donors (Lipinski definition) is 4. The molecule has 0 aliphatic heterocycles. The van der Waals surface area contributed by atoms with Crippen molar-refractivity contribution in [1.29, 1.82) is 0 Å². The number of rotatable bonds is 4. The van der Waals surface area contributed by atoms with E-state index in [0.717, 1.165) is 11.4 Å². The lowest BCUT2D eigenvalue weighted by molar-refractivity contribution is 1.11. The molecule has 22 heavy (non-hydrogen) atoms. The van der Waals surface area contributed by atoms with Gasteiger partial charge in [0.05, 0.1) is 5.69 Å². The summed E-state index contributed by atoms with van der Waals surface area (Å²) in [5.41, 5.74) is 14.3. The SMILES string of the molecule is Nc1n[nH]c(N)c1N=Nc1ccc(Nc2ccccc2)cc1. The van der Waals surface area contributed by atoms with Gasteiger partial charge in [0, 0.05) is 11.4 Å². The molecular weight excluding hydrogens is 278 g/mol. The molecule has 0 bridgehead atoms. The van der Waals surface area contributed by atoms with Gasteiger partial charge in [-0.05, 0) is 36.4 Å². The third-order valence-electron chi connectivity index (χ3n) is 2.99. The molecule has 0 spiro atoms. The number of azo groups is 1. The lowest BCUT2D eigenvalue weighted by Crippen LogP contribution is -1.88. The fourth-order valence-corrected chi connectivity index (χ4v) is 1.88. The molecule has 0 fully saturated rings. The van der Waals surface area contributed by atoms with Crippen LogP contribution in [-0.4, -0.2) is 10.2 Å². The van der Waals surface area contributed by atoms with Crippen LogP contribution in [0.2, 0.25) is 0 Å². The van der Waals surface area contributed by atoms with Crippen LogP contribution in [-0.2, 0) is 0 Å². The summed E-state index contributed by atoms with van der Waals surface area (Å²) in [7, 11) is 0. The largest absolute Gasteiger partial charge is 0.382 e. The fraction of sp³-hybridized carbons (Fsp3) is 0. The molecule has 0 radical (unpaired) electrons.